The number of hydrogen-bond acceptors (Lipinski definition) is 8. The average molecular weight is 697 g/mol. The molecule has 0 fully saturated rings. The first-order valence-electron chi connectivity index (χ1n) is 17.3. The van der Waals surface area contributed by atoms with Crippen LogP contribution >= 0.6 is 0 Å². The van der Waals surface area contributed by atoms with Crippen LogP contribution in [-0.2, 0) is 0 Å². The molecule has 266 valence electrons. The van der Waals surface area contributed by atoms with Crippen molar-refractivity contribution in [3.63, 3.8) is 0 Å². The Kier molecular flexibility index (Phi) is 11.9. The Hall–Kier alpha value is -5.64. The molecule has 0 amide bonds. The quantitative estimate of drug-likeness (QED) is 0.0849. The van der Waals surface area contributed by atoms with E-state index in [1.54, 1.807) is 0 Å². The van der Waals surface area contributed by atoms with Crippen molar-refractivity contribution in [1.29, 1.82) is 0 Å². The van der Waals surface area contributed by atoms with Crippen molar-refractivity contribution in [1.82, 2.24) is 0 Å². The molecule has 0 bridgehead atoms. The zero-order valence-corrected chi connectivity index (χ0v) is 29.3. The second kappa shape index (κ2) is 17.0. The number of aliphatic hydroxyl groups is 4. The van der Waals surface area contributed by atoms with Crippen LogP contribution in [-0.4, -0.2) is 59.1 Å². The number of ether oxygens (including phenoxy) is 2. The van der Waals surface area contributed by atoms with E-state index in [0.29, 0.717) is 11.5 Å². The van der Waals surface area contributed by atoms with Crippen molar-refractivity contribution in [2.45, 2.75) is 26.1 Å². The van der Waals surface area contributed by atoms with E-state index in [-0.39, 0.29) is 26.4 Å². The van der Waals surface area contributed by atoms with Crippen LogP contribution in [0, 0.1) is 13.8 Å². The van der Waals surface area contributed by atoms with Gasteiger partial charge in [-0.1, -0.05) is 59.7 Å². The molecule has 52 heavy (non-hydrogen) atoms. The van der Waals surface area contributed by atoms with Gasteiger partial charge in [0.05, 0.1) is 13.2 Å². The Morgan fingerprint density at radius 1 is 0.404 bits per heavy atom. The summed E-state index contributed by atoms with van der Waals surface area (Å²) in [7, 11) is 0. The van der Waals surface area contributed by atoms with Crippen molar-refractivity contribution in [2.75, 3.05) is 36.2 Å². The monoisotopic (exact) mass is 696 g/mol. The Bertz CT molecular complexity index is 1880. The maximum atomic E-state index is 9.70. The zero-order valence-electron chi connectivity index (χ0n) is 29.3. The highest BCUT2D eigenvalue weighted by Crippen LogP contribution is 2.39. The summed E-state index contributed by atoms with van der Waals surface area (Å²) in [5.41, 5.74) is 10.5. The number of aryl methyl sites for hydroxylation is 2. The summed E-state index contributed by atoms with van der Waals surface area (Å²) in [6, 6.07) is 49.2. The van der Waals surface area contributed by atoms with Crippen LogP contribution in [0.4, 0.5) is 34.1 Å². The summed E-state index contributed by atoms with van der Waals surface area (Å²) >= 11 is 0. The van der Waals surface area contributed by atoms with Gasteiger partial charge in [0, 0.05) is 34.1 Å². The average Bonchev–Trinajstić information content (AvgIpc) is 3.19. The van der Waals surface area contributed by atoms with Crippen LogP contribution in [0.15, 0.2) is 146 Å². The van der Waals surface area contributed by atoms with Gasteiger partial charge in [0.15, 0.2) is 0 Å². The topological polar surface area (TPSA) is 106 Å². The molecule has 0 aliphatic heterocycles. The van der Waals surface area contributed by atoms with E-state index in [9.17, 15) is 10.2 Å². The molecule has 0 aromatic heterocycles. The van der Waals surface area contributed by atoms with E-state index in [1.807, 2.05) is 48.5 Å². The fraction of sp³-hybridized carbons (Fsp3) is 0.182. The highest BCUT2D eigenvalue weighted by molar-refractivity contribution is 5.81. The lowest BCUT2D eigenvalue weighted by atomic mass is 10.0. The predicted molar refractivity (Wildman–Crippen MR) is 208 cm³/mol. The van der Waals surface area contributed by atoms with Crippen molar-refractivity contribution in [2.24, 2.45) is 0 Å². The molecule has 0 aliphatic rings. The van der Waals surface area contributed by atoms with Gasteiger partial charge in [-0.2, -0.15) is 0 Å². The molecule has 0 heterocycles. The number of aliphatic hydroxyl groups excluding tert-OH is 4. The first-order valence-corrected chi connectivity index (χ1v) is 17.3. The Balaban J connectivity index is 1.27. The van der Waals surface area contributed by atoms with Gasteiger partial charge in [0.1, 0.15) is 36.9 Å². The van der Waals surface area contributed by atoms with E-state index in [4.69, 9.17) is 19.7 Å². The van der Waals surface area contributed by atoms with Crippen LogP contribution < -0.4 is 19.3 Å². The summed E-state index contributed by atoms with van der Waals surface area (Å²) in [5, 5.41) is 37.7. The number of nitrogens with zero attached hydrogens (tertiary/aromatic N) is 2. The molecule has 8 heteroatoms. The smallest absolute Gasteiger partial charge is 0.119 e. The minimum Gasteiger partial charge on any atom is -0.491 e. The van der Waals surface area contributed by atoms with Gasteiger partial charge < -0.3 is 39.7 Å². The third kappa shape index (κ3) is 8.98. The maximum absolute atomic E-state index is 9.70. The van der Waals surface area contributed by atoms with E-state index in [0.717, 1.165) is 45.3 Å². The van der Waals surface area contributed by atoms with Gasteiger partial charge >= 0.3 is 0 Å². The van der Waals surface area contributed by atoms with Gasteiger partial charge in [0.2, 0.25) is 0 Å². The van der Waals surface area contributed by atoms with E-state index < -0.39 is 12.2 Å². The molecular formula is C44H44N2O6. The number of hydrogen-bond donors (Lipinski definition) is 4. The van der Waals surface area contributed by atoms with E-state index in [2.05, 4.69) is 121 Å². The van der Waals surface area contributed by atoms with Gasteiger partial charge in [-0.15, -0.1) is 0 Å². The number of rotatable bonds is 15. The van der Waals surface area contributed by atoms with Crippen LogP contribution in [0.25, 0.3) is 11.1 Å². The minimum atomic E-state index is -0.953. The molecule has 4 N–H and O–H groups in total. The van der Waals surface area contributed by atoms with Gasteiger partial charge in [-0.3, -0.25) is 0 Å². The van der Waals surface area contributed by atoms with Crippen molar-refractivity contribution in [3.05, 3.63) is 157 Å². The summed E-state index contributed by atoms with van der Waals surface area (Å²) in [6.07, 6.45) is -1.91. The van der Waals surface area contributed by atoms with Crippen molar-refractivity contribution < 1.29 is 29.9 Å². The highest BCUT2D eigenvalue weighted by atomic mass is 16.5. The van der Waals surface area contributed by atoms with Gasteiger partial charge in [0.25, 0.3) is 0 Å². The van der Waals surface area contributed by atoms with Crippen LogP contribution in [0.5, 0.6) is 11.5 Å². The normalized spacial score (nSPS) is 12.2. The molecule has 6 rings (SSSR count). The van der Waals surface area contributed by atoms with Crippen LogP contribution in [0.3, 0.4) is 0 Å². The molecule has 2 atom stereocenters. The first-order chi connectivity index (χ1) is 25.3. The molecular weight excluding hydrogens is 652 g/mol. The number of benzene rings is 6. The van der Waals surface area contributed by atoms with Crippen molar-refractivity contribution in [3.8, 4) is 22.6 Å². The van der Waals surface area contributed by atoms with Crippen molar-refractivity contribution >= 4 is 34.1 Å². The molecule has 6 aromatic carbocycles. The fourth-order valence-corrected chi connectivity index (χ4v) is 5.76. The summed E-state index contributed by atoms with van der Waals surface area (Å²) in [4.78, 5) is 4.37. The van der Waals surface area contributed by atoms with E-state index >= 15 is 0 Å². The second-order valence-corrected chi connectivity index (χ2v) is 12.7. The Morgan fingerprint density at radius 2 is 0.654 bits per heavy atom. The number of anilines is 6. The van der Waals surface area contributed by atoms with E-state index in [1.165, 1.54) is 11.1 Å². The third-order valence-electron chi connectivity index (χ3n) is 8.66. The maximum Gasteiger partial charge on any atom is 0.119 e. The highest BCUT2D eigenvalue weighted by Gasteiger charge is 2.16. The lowest BCUT2D eigenvalue weighted by Crippen LogP contribution is -2.21. The second-order valence-electron chi connectivity index (χ2n) is 12.7. The molecule has 0 saturated carbocycles. The van der Waals surface area contributed by atoms with Crippen LogP contribution in [0.2, 0.25) is 0 Å². The fourth-order valence-electron chi connectivity index (χ4n) is 5.76. The molecule has 0 spiro atoms. The van der Waals surface area contributed by atoms with Gasteiger partial charge in [-0.05, 0) is 122 Å². The summed E-state index contributed by atoms with van der Waals surface area (Å²) in [5.74, 6) is 1.15. The van der Waals surface area contributed by atoms with Gasteiger partial charge in [-0.25, -0.2) is 0 Å². The molecule has 0 aliphatic carbocycles. The van der Waals surface area contributed by atoms with Crippen LogP contribution in [0.1, 0.15) is 11.1 Å². The molecule has 0 saturated heterocycles. The SMILES string of the molecule is Cc1ccc(N(c2ccc(C)cc2)c2ccc(-c3ccc(N(c4ccc(OCC(O)CO)cc4)c4ccc(OCC(O)CO)cc4)cc3)cc2)cc1. The molecule has 0 radical (unpaired) electrons. The third-order valence-corrected chi connectivity index (χ3v) is 8.66. The zero-order chi connectivity index (χ0) is 36.5. The lowest BCUT2D eigenvalue weighted by molar-refractivity contribution is 0.0536. The summed E-state index contributed by atoms with van der Waals surface area (Å²) < 4.78 is 11.3. The molecule has 8 nitrogen and oxygen atoms in total. The molecule has 6 aromatic rings. The Labute approximate surface area is 305 Å². The lowest BCUT2D eigenvalue weighted by Gasteiger charge is -2.26. The predicted octanol–water partition coefficient (Wildman–Crippen LogP) is 8.37. The minimum absolute atomic E-state index is 0.00954. The standard InChI is InChI=1S/C44H44N2O6/c1-31-3-11-35(12-4-31)45(36-13-5-32(2)6-14-36)37-15-7-33(8-16-37)34-9-17-38(18-10-34)46(39-19-23-43(24-20-39)51-29-41(49)27-47)40-21-25-44(26-22-40)52-30-42(50)28-48/h3-26,41-42,47-50H,27-30H2,1-2H3. The largest absolute Gasteiger partial charge is 0.491 e. The Morgan fingerprint density at radius 3 is 0.923 bits per heavy atom. The molecule has 2 unspecified atom stereocenters. The first kappa shape index (κ1) is 36.2. The summed E-state index contributed by atoms with van der Waals surface area (Å²) in [6.45, 7) is 3.43.